The number of thioether (sulfide) groups is 2. The van der Waals surface area contributed by atoms with Crippen LogP contribution in [0.15, 0.2) is 0 Å². The average Bonchev–Trinajstić information content (AvgIpc) is 2.34. The van der Waals surface area contributed by atoms with E-state index in [-0.39, 0.29) is 0 Å². The molecule has 1 aliphatic heterocycles. The zero-order valence-corrected chi connectivity index (χ0v) is 6.80. The predicted molar refractivity (Wildman–Crippen MR) is 43.8 cm³/mol. The Labute approximate surface area is 63.8 Å². The maximum atomic E-state index is 8.47. The van der Waals surface area contributed by atoms with Gasteiger partial charge in [-0.2, -0.15) is 0 Å². The van der Waals surface area contributed by atoms with Gasteiger partial charge in [-0.3, -0.25) is 5.32 Å². The van der Waals surface area contributed by atoms with Crippen molar-refractivity contribution in [1.29, 1.82) is 0 Å². The molecule has 0 aromatic carbocycles. The highest BCUT2D eigenvalue weighted by Gasteiger charge is 2.13. The normalized spacial score (nSPS) is 27.0. The lowest BCUT2D eigenvalue weighted by molar-refractivity contribution is 0.322. The van der Waals surface area contributed by atoms with Gasteiger partial charge in [0.15, 0.2) is 0 Å². The first-order valence-electron chi connectivity index (χ1n) is 3.01. The van der Waals surface area contributed by atoms with Gasteiger partial charge in [0.05, 0.1) is 6.61 Å². The zero-order valence-electron chi connectivity index (χ0n) is 5.17. The quantitative estimate of drug-likeness (QED) is 0.631. The minimum atomic E-state index is 0.295. The molecule has 0 saturated carbocycles. The number of hydrogen-bond acceptors (Lipinski definition) is 4. The number of rotatable bonds is 3. The third kappa shape index (κ3) is 2.80. The molecule has 0 radical (unpaired) electrons. The number of aliphatic hydroxyl groups is 1. The van der Waals surface area contributed by atoms with E-state index in [1.807, 2.05) is 11.8 Å². The molecule has 4 heteroatoms. The van der Waals surface area contributed by atoms with Crippen LogP contribution >= 0.6 is 23.5 Å². The number of aliphatic hydroxyl groups excluding tert-OH is 1. The third-order valence-electron chi connectivity index (χ3n) is 1.04. The summed E-state index contributed by atoms with van der Waals surface area (Å²) in [6.07, 6.45) is 0. The van der Waals surface area contributed by atoms with Crippen LogP contribution in [0.25, 0.3) is 0 Å². The Morgan fingerprint density at radius 1 is 1.78 bits per heavy atom. The average molecular weight is 165 g/mol. The molecule has 0 aliphatic carbocycles. The van der Waals surface area contributed by atoms with E-state index < -0.39 is 0 Å². The van der Waals surface area contributed by atoms with Crippen molar-refractivity contribution in [2.45, 2.75) is 4.71 Å². The molecule has 1 atom stereocenters. The third-order valence-corrected chi connectivity index (χ3v) is 3.66. The first-order valence-corrected chi connectivity index (χ1v) is 5.10. The standard InChI is InChI=1S/C5H11NOS2/c7-2-4-9-5-6-1-3-8-5/h5-7H,1-4H2. The molecule has 9 heavy (non-hydrogen) atoms. The number of nitrogens with one attached hydrogen (secondary N) is 1. The summed E-state index contributed by atoms with van der Waals surface area (Å²) in [5.41, 5.74) is 0. The zero-order chi connectivity index (χ0) is 6.53. The molecule has 1 unspecified atom stereocenters. The summed E-state index contributed by atoms with van der Waals surface area (Å²) < 4.78 is 0.539. The monoisotopic (exact) mass is 165 g/mol. The van der Waals surface area contributed by atoms with Gasteiger partial charge < -0.3 is 5.11 Å². The van der Waals surface area contributed by atoms with Crippen LogP contribution in [0.2, 0.25) is 0 Å². The fourth-order valence-corrected chi connectivity index (χ4v) is 2.87. The van der Waals surface area contributed by atoms with Crippen molar-refractivity contribution < 1.29 is 5.11 Å². The molecule has 0 amide bonds. The summed E-state index contributed by atoms with van der Waals surface area (Å²) in [4.78, 5) is 0. The van der Waals surface area contributed by atoms with Crippen molar-refractivity contribution in [3.05, 3.63) is 0 Å². The summed E-state index contributed by atoms with van der Waals surface area (Å²) in [6, 6.07) is 0. The van der Waals surface area contributed by atoms with Crippen molar-refractivity contribution in [2.24, 2.45) is 0 Å². The predicted octanol–water partition coefficient (Wildman–Crippen LogP) is 0.332. The molecule has 0 aromatic rings. The first kappa shape index (κ1) is 7.72. The van der Waals surface area contributed by atoms with E-state index in [1.165, 1.54) is 5.75 Å². The second-order valence-electron chi connectivity index (χ2n) is 1.75. The van der Waals surface area contributed by atoms with Gasteiger partial charge in [0.2, 0.25) is 0 Å². The molecule has 2 nitrogen and oxygen atoms in total. The van der Waals surface area contributed by atoms with Gasteiger partial charge in [-0.25, -0.2) is 0 Å². The van der Waals surface area contributed by atoms with Crippen LogP contribution in [-0.4, -0.2) is 34.5 Å². The molecule has 1 saturated heterocycles. The lowest BCUT2D eigenvalue weighted by atomic mass is 10.8. The molecule has 0 aromatic heterocycles. The van der Waals surface area contributed by atoms with E-state index in [4.69, 9.17) is 5.11 Å². The van der Waals surface area contributed by atoms with Crippen LogP contribution in [0.3, 0.4) is 0 Å². The molecule has 1 rings (SSSR count). The molecular weight excluding hydrogens is 154 g/mol. The minimum Gasteiger partial charge on any atom is -0.396 e. The lowest BCUT2D eigenvalue weighted by Gasteiger charge is -2.05. The van der Waals surface area contributed by atoms with Crippen LogP contribution in [0.1, 0.15) is 0 Å². The van der Waals surface area contributed by atoms with Gasteiger partial charge in [-0.15, -0.1) is 23.5 Å². The van der Waals surface area contributed by atoms with Gasteiger partial charge in [0.1, 0.15) is 4.71 Å². The van der Waals surface area contributed by atoms with Crippen molar-refractivity contribution in [3.63, 3.8) is 0 Å². The Morgan fingerprint density at radius 3 is 3.22 bits per heavy atom. The lowest BCUT2D eigenvalue weighted by Crippen LogP contribution is -2.16. The van der Waals surface area contributed by atoms with E-state index in [1.54, 1.807) is 11.8 Å². The number of hydrogen-bond donors (Lipinski definition) is 2. The van der Waals surface area contributed by atoms with Crippen LogP contribution in [-0.2, 0) is 0 Å². The molecule has 1 heterocycles. The molecule has 2 N–H and O–H groups in total. The maximum Gasteiger partial charge on any atom is 0.100 e. The summed E-state index contributed by atoms with van der Waals surface area (Å²) in [7, 11) is 0. The molecule has 1 fully saturated rings. The van der Waals surface area contributed by atoms with E-state index >= 15 is 0 Å². The fraction of sp³-hybridized carbons (Fsp3) is 1.00. The Bertz CT molecular complexity index is 75.4. The van der Waals surface area contributed by atoms with Crippen LogP contribution in [0, 0.1) is 0 Å². The Morgan fingerprint density at radius 2 is 2.67 bits per heavy atom. The highest BCUT2D eigenvalue weighted by molar-refractivity contribution is 8.17. The Hall–Kier alpha value is 0.620. The van der Waals surface area contributed by atoms with Crippen molar-refractivity contribution >= 4 is 23.5 Å². The summed E-state index contributed by atoms with van der Waals surface area (Å²) in [5.74, 6) is 2.06. The summed E-state index contributed by atoms with van der Waals surface area (Å²) in [5, 5.41) is 11.8. The highest BCUT2D eigenvalue weighted by Crippen LogP contribution is 2.24. The summed E-state index contributed by atoms with van der Waals surface area (Å²) in [6.45, 7) is 1.41. The van der Waals surface area contributed by atoms with Crippen molar-refractivity contribution in [3.8, 4) is 0 Å². The maximum absolute atomic E-state index is 8.47. The largest absolute Gasteiger partial charge is 0.396 e. The SMILES string of the molecule is OCCSC1NCCS1. The van der Waals surface area contributed by atoms with Crippen molar-refractivity contribution in [1.82, 2.24) is 5.32 Å². The molecule has 1 aliphatic rings. The molecule has 54 valence electrons. The smallest absolute Gasteiger partial charge is 0.100 e. The van der Waals surface area contributed by atoms with Gasteiger partial charge in [0, 0.05) is 18.1 Å². The highest BCUT2D eigenvalue weighted by atomic mass is 32.2. The molecule has 0 spiro atoms. The van der Waals surface area contributed by atoms with E-state index in [0.717, 1.165) is 12.3 Å². The minimum absolute atomic E-state index is 0.295. The van der Waals surface area contributed by atoms with Gasteiger partial charge in [-0.1, -0.05) is 0 Å². The van der Waals surface area contributed by atoms with E-state index in [9.17, 15) is 0 Å². The second-order valence-corrected chi connectivity index (χ2v) is 4.48. The molecule has 0 bridgehead atoms. The van der Waals surface area contributed by atoms with Gasteiger partial charge in [0.25, 0.3) is 0 Å². The second kappa shape index (κ2) is 4.44. The Balaban J connectivity index is 1.98. The van der Waals surface area contributed by atoms with Gasteiger partial charge in [-0.05, 0) is 0 Å². The molecular formula is C5H11NOS2. The first-order chi connectivity index (χ1) is 4.43. The van der Waals surface area contributed by atoms with Crippen LogP contribution in [0.4, 0.5) is 0 Å². The van der Waals surface area contributed by atoms with Crippen LogP contribution < -0.4 is 5.32 Å². The van der Waals surface area contributed by atoms with Gasteiger partial charge >= 0.3 is 0 Å². The summed E-state index contributed by atoms with van der Waals surface area (Å²) >= 11 is 3.71. The van der Waals surface area contributed by atoms with Crippen LogP contribution in [0.5, 0.6) is 0 Å². The van der Waals surface area contributed by atoms with Crippen molar-refractivity contribution in [2.75, 3.05) is 24.7 Å². The Kier molecular flexibility index (Phi) is 3.81. The fourth-order valence-electron chi connectivity index (χ4n) is 0.668. The van der Waals surface area contributed by atoms with E-state index in [2.05, 4.69) is 5.32 Å². The topological polar surface area (TPSA) is 32.3 Å². The van der Waals surface area contributed by atoms with E-state index in [0.29, 0.717) is 11.3 Å².